The van der Waals surface area contributed by atoms with Crippen molar-refractivity contribution in [2.75, 3.05) is 5.12 Å². The topological polar surface area (TPSA) is 40.5 Å². The number of carboxylic acids is 1. The Labute approximate surface area is 81.7 Å². The average molecular weight is 197 g/mol. The summed E-state index contributed by atoms with van der Waals surface area (Å²) in [6.45, 7) is 3.18. The molecule has 0 saturated heterocycles. The van der Waals surface area contributed by atoms with Gasteiger partial charge >= 0.3 is 5.97 Å². The van der Waals surface area contributed by atoms with E-state index in [2.05, 4.69) is 0 Å². The molecule has 14 heavy (non-hydrogen) atoms. The van der Waals surface area contributed by atoms with E-state index in [9.17, 15) is 9.28 Å². The van der Waals surface area contributed by atoms with Crippen LogP contribution in [0, 0.1) is 6.92 Å². The lowest BCUT2D eigenvalue weighted by Crippen LogP contribution is -2.32. The van der Waals surface area contributed by atoms with Crippen LogP contribution in [0.15, 0.2) is 24.3 Å². The van der Waals surface area contributed by atoms with Crippen molar-refractivity contribution < 1.29 is 14.4 Å². The maximum Gasteiger partial charge on any atom is 0.328 e. The van der Waals surface area contributed by atoms with Gasteiger partial charge in [-0.3, -0.25) is 0 Å². The molecule has 0 aliphatic carbocycles. The van der Waals surface area contributed by atoms with E-state index in [-0.39, 0.29) is 10.8 Å². The molecule has 0 aliphatic rings. The highest BCUT2D eigenvalue weighted by Crippen LogP contribution is 2.18. The fourth-order valence-electron chi connectivity index (χ4n) is 1.01. The molecule has 0 aliphatic heterocycles. The Balaban J connectivity index is 2.84. The Morgan fingerprint density at radius 1 is 1.43 bits per heavy atom. The molecule has 1 rings (SSSR count). The molecule has 3 nitrogen and oxygen atoms in total. The predicted octanol–water partition coefficient (Wildman–Crippen LogP) is 2.16. The molecule has 0 fully saturated rings. The summed E-state index contributed by atoms with van der Waals surface area (Å²) in [4.78, 5) is 10.5. The number of anilines is 1. The number of hydrogen-bond acceptors (Lipinski definition) is 2. The fourth-order valence-corrected chi connectivity index (χ4v) is 1.01. The molecule has 0 amide bonds. The van der Waals surface area contributed by atoms with E-state index in [0.717, 1.165) is 5.56 Å². The second kappa shape index (κ2) is 4.09. The quantitative estimate of drug-likeness (QED) is 0.755. The molecule has 0 unspecified atom stereocenters. The summed E-state index contributed by atoms with van der Waals surface area (Å²) in [5, 5.41) is 8.82. The molecule has 0 bridgehead atoms. The van der Waals surface area contributed by atoms with Crippen molar-refractivity contribution in [3.05, 3.63) is 29.8 Å². The normalized spacial score (nSPS) is 12.2. The van der Waals surface area contributed by atoms with Gasteiger partial charge in [0.15, 0.2) is 6.04 Å². The average Bonchev–Trinajstić information content (AvgIpc) is 2.16. The van der Waals surface area contributed by atoms with E-state index < -0.39 is 12.0 Å². The smallest absolute Gasteiger partial charge is 0.328 e. The lowest BCUT2D eigenvalue weighted by molar-refractivity contribution is -0.138. The van der Waals surface area contributed by atoms with Crippen molar-refractivity contribution >= 4 is 11.7 Å². The number of aryl methyl sites for hydroxylation is 1. The Morgan fingerprint density at radius 2 is 1.93 bits per heavy atom. The molecule has 76 valence electrons. The monoisotopic (exact) mass is 197 g/mol. The van der Waals surface area contributed by atoms with Gasteiger partial charge in [0.2, 0.25) is 0 Å². The molecule has 0 radical (unpaired) electrons. The largest absolute Gasteiger partial charge is 0.480 e. The van der Waals surface area contributed by atoms with Crippen LogP contribution in [0.2, 0.25) is 0 Å². The highest BCUT2D eigenvalue weighted by Gasteiger charge is 2.20. The molecule has 1 N–H and O–H groups in total. The molecular formula is C10H12FNO2. The van der Waals surface area contributed by atoms with Crippen molar-refractivity contribution in [3.63, 3.8) is 0 Å². The first kappa shape index (κ1) is 10.5. The van der Waals surface area contributed by atoms with E-state index in [1.807, 2.05) is 6.92 Å². The first-order valence-electron chi connectivity index (χ1n) is 4.27. The summed E-state index contributed by atoms with van der Waals surface area (Å²) in [6.07, 6.45) is 0. The zero-order chi connectivity index (χ0) is 10.7. The van der Waals surface area contributed by atoms with Gasteiger partial charge in [-0.2, -0.15) is 5.12 Å². The lowest BCUT2D eigenvalue weighted by Gasteiger charge is -2.17. The van der Waals surface area contributed by atoms with Crippen molar-refractivity contribution in [3.8, 4) is 0 Å². The third-order valence-electron chi connectivity index (χ3n) is 1.98. The third kappa shape index (κ3) is 2.22. The Kier molecular flexibility index (Phi) is 3.06. The maximum absolute atomic E-state index is 13.4. The Morgan fingerprint density at radius 3 is 2.36 bits per heavy atom. The lowest BCUT2D eigenvalue weighted by atomic mass is 10.2. The molecule has 1 aromatic carbocycles. The fraction of sp³-hybridized carbons (Fsp3) is 0.300. The number of benzene rings is 1. The van der Waals surface area contributed by atoms with E-state index >= 15 is 0 Å². The van der Waals surface area contributed by atoms with Gasteiger partial charge in [-0.05, 0) is 26.0 Å². The first-order chi connectivity index (χ1) is 6.52. The molecule has 4 heteroatoms. The second-order valence-electron chi connectivity index (χ2n) is 3.16. The molecule has 0 aromatic heterocycles. The van der Waals surface area contributed by atoms with E-state index in [1.54, 1.807) is 24.3 Å². The standard InChI is InChI=1S/C10H12FNO2/c1-7-3-5-9(6-4-7)12(11)8(2)10(13)14/h3-6,8H,1-2H3,(H,13,14)/t8-/m0/s1. The summed E-state index contributed by atoms with van der Waals surface area (Å²) >= 11 is 0. The number of nitrogens with zero attached hydrogens (tertiary/aromatic N) is 1. The molecule has 1 aromatic rings. The van der Waals surface area contributed by atoms with Gasteiger partial charge in [-0.15, -0.1) is 0 Å². The van der Waals surface area contributed by atoms with Gasteiger partial charge in [0.25, 0.3) is 0 Å². The number of hydrogen-bond donors (Lipinski definition) is 1. The number of halogens is 1. The number of aliphatic carboxylic acids is 1. The molecule has 0 spiro atoms. The van der Waals surface area contributed by atoms with Crippen LogP contribution in [-0.2, 0) is 4.79 Å². The molecule has 1 atom stereocenters. The minimum absolute atomic E-state index is 0.238. The van der Waals surface area contributed by atoms with Crippen molar-refractivity contribution in [1.82, 2.24) is 0 Å². The number of carboxylic acid groups (broad SMARTS) is 1. The van der Waals surface area contributed by atoms with Crippen LogP contribution >= 0.6 is 0 Å². The van der Waals surface area contributed by atoms with Crippen molar-refractivity contribution in [2.45, 2.75) is 19.9 Å². The number of rotatable bonds is 3. The summed E-state index contributed by atoms with van der Waals surface area (Å²) in [5.74, 6) is -1.19. The Bertz CT molecular complexity index is 323. The van der Waals surface area contributed by atoms with Crippen LogP contribution in [0.4, 0.5) is 10.2 Å². The van der Waals surface area contributed by atoms with Crippen molar-refractivity contribution in [2.24, 2.45) is 0 Å². The van der Waals surface area contributed by atoms with Gasteiger partial charge in [0.05, 0.1) is 5.69 Å². The molecular weight excluding hydrogens is 185 g/mol. The SMILES string of the molecule is Cc1ccc(N(F)[C@@H](C)C(=O)O)cc1. The highest BCUT2D eigenvalue weighted by molar-refractivity contribution is 5.76. The maximum atomic E-state index is 13.4. The first-order valence-corrected chi connectivity index (χ1v) is 4.27. The predicted molar refractivity (Wildman–Crippen MR) is 51.9 cm³/mol. The van der Waals surface area contributed by atoms with Gasteiger partial charge in [-0.25, -0.2) is 4.79 Å². The van der Waals surface area contributed by atoms with E-state index in [1.165, 1.54) is 6.92 Å². The van der Waals surface area contributed by atoms with Crippen LogP contribution in [0.5, 0.6) is 0 Å². The van der Waals surface area contributed by atoms with Crippen LogP contribution in [0.1, 0.15) is 12.5 Å². The summed E-state index contributed by atoms with van der Waals surface area (Å²) in [5.41, 5.74) is 1.26. The van der Waals surface area contributed by atoms with Crippen molar-refractivity contribution in [1.29, 1.82) is 0 Å². The minimum atomic E-state index is -1.19. The second-order valence-corrected chi connectivity index (χ2v) is 3.16. The van der Waals surface area contributed by atoms with E-state index in [0.29, 0.717) is 0 Å². The molecule has 0 heterocycles. The zero-order valence-electron chi connectivity index (χ0n) is 8.07. The van der Waals surface area contributed by atoms with E-state index in [4.69, 9.17) is 5.11 Å². The van der Waals surface area contributed by atoms with Gasteiger partial charge in [0, 0.05) is 0 Å². The summed E-state index contributed by atoms with van der Waals surface area (Å²) < 4.78 is 13.4. The highest BCUT2D eigenvalue weighted by atomic mass is 19.2. The Hall–Kier alpha value is -1.58. The van der Waals surface area contributed by atoms with Crippen LogP contribution in [-0.4, -0.2) is 17.1 Å². The van der Waals surface area contributed by atoms with Gasteiger partial charge in [0.1, 0.15) is 0 Å². The summed E-state index contributed by atoms with van der Waals surface area (Å²) in [6, 6.07) is 5.40. The zero-order valence-corrected chi connectivity index (χ0v) is 8.07. The van der Waals surface area contributed by atoms with Crippen LogP contribution in [0.25, 0.3) is 0 Å². The van der Waals surface area contributed by atoms with Crippen LogP contribution in [0.3, 0.4) is 0 Å². The number of carbonyl (C=O) groups is 1. The minimum Gasteiger partial charge on any atom is -0.480 e. The third-order valence-corrected chi connectivity index (χ3v) is 1.98. The summed E-state index contributed by atoms with van der Waals surface area (Å²) in [7, 11) is 0. The molecule has 0 saturated carbocycles. The van der Waals surface area contributed by atoms with Gasteiger partial charge in [-0.1, -0.05) is 22.2 Å². The van der Waals surface area contributed by atoms with Gasteiger partial charge < -0.3 is 5.11 Å². The van der Waals surface area contributed by atoms with Crippen LogP contribution < -0.4 is 5.12 Å².